The molecule has 0 spiro atoms. The number of hydrogen-bond acceptors (Lipinski definition) is 7. The van der Waals surface area contributed by atoms with Crippen LogP contribution in [-0.4, -0.2) is 54.2 Å². The van der Waals surface area contributed by atoms with Gasteiger partial charge in [-0.25, -0.2) is 8.42 Å². The Morgan fingerprint density at radius 3 is 2.70 bits per heavy atom. The molecule has 11 heteroatoms. The van der Waals surface area contributed by atoms with Crippen LogP contribution in [0.4, 0.5) is 0 Å². The summed E-state index contributed by atoms with van der Waals surface area (Å²) in [6.07, 6.45) is 0. The van der Waals surface area contributed by atoms with E-state index in [1.165, 1.54) is 21.3 Å². The van der Waals surface area contributed by atoms with Crippen LogP contribution in [0, 0.1) is 0 Å². The highest BCUT2D eigenvalue weighted by molar-refractivity contribution is 7.89. The highest BCUT2D eigenvalue weighted by atomic mass is 35.5. The van der Waals surface area contributed by atoms with Gasteiger partial charge in [0.15, 0.2) is 11.5 Å². The highest BCUT2D eigenvalue weighted by Crippen LogP contribution is 2.38. The quantitative estimate of drug-likeness (QED) is 0.543. The molecule has 1 aliphatic heterocycles. The standard InChI is InChI=1S/C19H21ClN4O5S/c1-3-23(4-2)30(25,26)14-5-6-16-17(11-14)24(22-21-16)29-12-13-9-15(20)19-18(10-13)27-7-8-28-19/h5-6,9-11H,3-4,7-8,12H2,1-2H3. The SMILES string of the molecule is CCN(CC)S(=O)(=O)c1ccc2nnn(OCc3cc(Cl)c4c(c3)OCCO4)c2c1. The molecule has 1 aliphatic rings. The van der Waals surface area contributed by atoms with Crippen molar-refractivity contribution in [3.8, 4) is 11.5 Å². The maximum Gasteiger partial charge on any atom is 0.243 e. The van der Waals surface area contributed by atoms with Gasteiger partial charge in [0.05, 0.1) is 9.92 Å². The molecule has 160 valence electrons. The third kappa shape index (κ3) is 3.78. The second kappa shape index (κ2) is 8.29. The van der Waals surface area contributed by atoms with Gasteiger partial charge in [-0.05, 0) is 41.1 Å². The number of rotatable bonds is 7. The Kier molecular flexibility index (Phi) is 5.72. The Hall–Kier alpha value is -2.56. The Labute approximate surface area is 179 Å². The van der Waals surface area contributed by atoms with Gasteiger partial charge in [-0.1, -0.05) is 30.3 Å². The smallest absolute Gasteiger partial charge is 0.243 e. The van der Waals surface area contributed by atoms with E-state index in [-0.39, 0.29) is 11.5 Å². The van der Waals surface area contributed by atoms with Crippen LogP contribution >= 0.6 is 11.6 Å². The number of aromatic nitrogens is 3. The molecule has 3 aromatic rings. The first-order chi connectivity index (χ1) is 14.4. The number of sulfonamides is 1. The molecule has 0 N–H and O–H groups in total. The van der Waals surface area contributed by atoms with Crippen molar-refractivity contribution >= 4 is 32.7 Å². The predicted octanol–water partition coefficient (Wildman–Crippen LogP) is 2.52. The van der Waals surface area contributed by atoms with Crippen molar-refractivity contribution in [2.45, 2.75) is 25.3 Å². The second-order valence-corrected chi connectivity index (χ2v) is 8.92. The molecule has 0 fully saturated rings. The van der Waals surface area contributed by atoms with Crippen LogP contribution in [-0.2, 0) is 16.6 Å². The fourth-order valence-electron chi connectivity index (χ4n) is 3.23. The summed E-state index contributed by atoms with van der Waals surface area (Å²) in [5.74, 6) is 1.08. The van der Waals surface area contributed by atoms with E-state index in [0.717, 1.165) is 5.56 Å². The average molecular weight is 453 g/mol. The summed E-state index contributed by atoms with van der Waals surface area (Å²) in [7, 11) is -3.61. The highest BCUT2D eigenvalue weighted by Gasteiger charge is 2.23. The molecule has 4 rings (SSSR count). The molecule has 2 heterocycles. The molecular formula is C19H21ClN4O5S. The Morgan fingerprint density at radius 1 is 1.17 bits per heavy atom. The van der Waals surface area contributed by atoms with Crippen LogP contribution in [0.2, 0.25) is 5.02 Å². The monoisotopic (exact) mass is 452 g/mol. The minimum atomic E-state index is -3.61. The summed E-state index contributed by atoms with van der Waals surface area (Å²) in [6.45, 7) is 5.39. The lowest BCUT2D eigenvalue weighted by Crippen LogP contribution is -2.30. The summed E-state index contributed by atoms with van der Waals surface area (Å²) in [5.41, 5.74) is 1.72. The average Bonchev–Trinajstić information content (AvgIpc) is 3.15. The number of benzene rings is 2. The molecule has 1 aromatic heterocycles. The van der Waals surface area contributed by atoms with Gasteiger partial charge in [0.25, 0.3) is 0 Å². The van der Waals surface area contributed by atoms with E-state index in [2.05, 4.69) is 10.3 Å². The van der Waals surface area contributed by atoms with E-state index in [9.17, 15) is 8.42 Å². The summed E-state index contributed by atoms with van der Waals surface area (Å²) >= 11 is 6.26. The number of ether oxygens (including phenoxy) is 2. The van der Waals surface area contributed by atoms with E-state index in [4.69, 9.17) is 25.9 Å². The maximum absolute atomic E-state index is 12.8. The van der Waals surface area contributed by atoms with E-state index in [0.29, 0.717) is 53.9 Å². The van der Waals surface area contributed by atoms with Crippen LogP contribution in [0.15, 0.2) is 35.2 Å². The summed E-state index contributed by atoms with van der Waals surface area (Å²) in [6, 6.07) is 8.16. The Bertz CT molecular complexity index is 1180. The molecule has 0 atom stereocenters. The molecule has 9 nitrogen and oxygen atoms in total. The first-order valence-electron chi connectivity index (χ1n) is 9.51. The molecule has 0 aliphatic carbocycles. The van der Waals surface area contributed by atoms with E-state index in [1.54, 1.807) is 32.0 Å². The minimum Gasteiger partial charge on any atom is -0.486 e. The minimum absolute atomic E-state index is 0.127. The number of fused-ring (bicyclic) bond motifs is 2. The molecule has 30 heavy (non-hydrogen) atoms. The van der Waals surface area contributed by atoms with Crippen molar-refractivity contribution in [3.05, 3.63) is 40.9 Å². The van der Waals surface area contributed by atoms with E-state index < -0.39 is 10.0 Å². The summed E-state index contributed by atoms with van der Waals surface area (Å²) < 4.78 is 38.1. The normalized spacial score (nSPS) is 13.7. The van der Waals surface area contributed by atoms with Crippen LogP contribution in [0.25, 0.3) is 11.0 Å². The van der Waals surface area contributed by atoms with Crippen molar-refractivity contribution in [2.75, 3.05) is 26.3 Å². The van der Waals surface area contributed by atoms with Crippen molar-refractivity contribution in [2.24, 2.45) is 0 Å². The number of hydrogen-bond donors (Lipinski definition) is 0. The Morgan fingerprint density at radius 2 is 1.93 bits per heavy atom. The zero-order valence-corrected chi connectivity index (χ0v) is 18.1. The van der Waals surface area contributed by atoms with Crippen molar-refractivity contribution in [1.29, 1.82) is 0 Å². The van der Waals surface area contributed by atoms with Gasteiger partial charge in [-0.3, -0.25) is 0 Å². The molecule has 0 radical (unpaired) electrons. The summed E-state index contributed by atoms with van der Waals surface area (Å²) in [4.78, 5) is 7.12. The molecule has 0 unspecified atom stereocenters. The van der Waals surface area contributed by atoms with Gasteiger partial charge in [0, 0.05) is 13.1 Å². The lowest BCUT2D eigenvalue weighted by molar-refractivity contribution is 0.0747. The zero-order valence-electron chi connectivity index (χ0n) is 16.5. The third-order valence-electron chi connectivity index (χ3n) is 4.74. The first kappa shape index (κ1) is 20.7. The summed E-state index contributed by atoms with van der Waals surface area (Å²) in [5, 5.41) is 8.44. The Balaban J connectivity index is 1.60. The molecule has 2 aromatic carbocycles. The zero-order chi connectivity index (χ0) is 21.3. The van der Waals surface area contributed by atoms with Gasteiger partial charge in [0.2, 0.25) is 10.0 Å². The van der Waals surface area contributed by atoms with Crippen molar-refractivity contribution in [3.63, 3.8) is 0 Å². The number of halogens is 1. The largest absolute Gasteiger partial charge is 0.486 e. The van der Waals surface area contributed by atoms with E-state index >= 15 is 0 Å². The first-order valence-corrected chi connectivity index (χ1v) is 11.3. The second-order valence-electron chi connectivity index (χ2n) is 6.58. The third-order valence-corrected chi connectivity index (χ3v) is 7.07. The van der Waals surface area contributed by atoms with Gasteiger partial charge in [-0.15, -0.1) is 5.10 Å². The van der Waals surface area contributed by atoms with Crippen LogP contribution < -0.4 is 14.3 Å². The van der Waals surface area contributed by atoms with Crippen LogP contribution in [0.5, 0.6) is 11.5 Å². The predicted molar refractivity (Wildman–Crippen MR) is 110 cm³/mol. The van der Waals surface area contributed by atoms with Crippen LogP contribution in [0.1, 0.15) is 19.4 Å². The molecular weight excluding hydrogens is 432 g/mol. The topological polar surface area (TPSA) is 95.8 Å². The number of nitrogens with zero attached hydrogens (tertiary/aromatic N) is 4. The lowest BCUT2D eigenvalue weighted by atomic mass is 10.2. The fraction of sp³-hybridized carbons (Fsp3) is 0.368. The molecule has 0 bridgehead atoms. The van der Waals surface area contributed by atoms with Gasteiger partial charge >= 0.3 is 0 Å². The van der Waals surface area contributed by atoms with Crippen LogP contribution in [0.3, 0.4) is 0 Å². The van der Waals surface area contributed by atoms with Crippen molar-refractivity contribution < 1.29 is 22.7 Å². The molecule has 0 amide bonds. The fourth-order valence-corrected chi connectivity index (χ4v) is 5.00. The van der Waals surface area contributed by atoms with E-state index in [1.807, 2.05) is 0 Å². The van der Waals surface area contributed by atoms with Crippen molar-refractivity contribution in [1.82, 2.24) is 19.5 Å². The maximum atomic E-state index is 12.8. The molecule has 0 saturated carbocycles. The van der Waals surface area contributed by atoms with Gasteiger partial charge < -0.3 is 14.3 Å². The van der Waals surface area contributed by atoms with Gasteiger partial charge in [0.1, 0.15) is 30.9 Å². The molecule has 0 saturated heterocycles. The van der Waals surface area contributed by atoms with Gasteiger partial charge in [-0.2, -0.15) is 4.31 Å². The lowest BCUT2D eigenvalue weighted by Gasteiger charge is -2.20.